The monoisotopic (exact) mass is 300 g/mol. The second-order valence-corrected chi connectivity index (χ2v) is 5.01. The minimum atomic E-state index is -0.218. The van der Waals surface area contributed by atoms with Crippen LogP contribution in [-0.4, -0.2) is 42.8 Å². The number of benzene rings is 1. The second kappa shape index (κ2) is 7.48. The van der Waals surface area contributed by atoms with Crippen molar-refractivity contribution in [2.45, 2.75) is 13.0 Å². The van der Waals surface area contributed by atoms with E-state index in [1.807, 2.05) is 36.5 Å². The van der Waals surface area contributed by atoms with Crippen molar-refractivity contribution in [1.82, 2.24) is 9.47 Å². The van der Waals surface area contributed by atoms with Crippen LogP contribution in [0.5, 0.6) is 0 Å². The predicted molar refractivity (Wildman–Crippen MR) is 85.7 cm³/mol. The van der Waals surface area contributed by atoms with Gasteiger partial charge < -0.3 is 19.5 Å². The van der Waals surface area contributed by atoms with E-state index < -0.39 is 0 Å². The SMILES string of the molecule is COCCn1cc(NC(=O)N(C)CCC#N)c2ccccc21. The lowest BCUT2D eigenvalue weighted by atomic mass is 10.2. The van der Waals surface area contributed by atoms with Crippen LogP contribution in [0.2, 0.25) is 0 Å². The first-order valence-electron chi connectivity index (χ1n) is 7.13. The van der Waals surface area contributed by atoms with Gasteiger partial charge in [0.2, 0.25) is 0 Å². The lowest BCUT2D eigenvalue weighted by Gasteiger charge is -2.15. The van der Waals surface area contributed by atoms with Gasteiger partial charge in [0.1, 0.15) is 0 Å². The molecule has 2 rings (SSSR count). The fourth-order valence-electron chi connectivity index (χ4n) is 2.25. The number of urea groups is 1. The molecule has 0 radical (unpaired) electrons. The standard InChI is InChI=1S/C16H20N4O2/c1-19(9-5-8-17)16(21)18-14-12-20(10-11-22-2)15-7-4-3-6-13(14)15/h3-4,6-7,12H,5,9-11H2,1-2H3,(H,18,21). The first-order valence-corrected chi connectivity index (χ1v) is 7.13. The number of rotatable bonds is 6. The van der Waals surface area contributed by atoms with Gasteiger partial charge in [-0.25, -0.2) is 4.79 Å². The third-order valence-corrected chi connectivity index (χ3v) is 3.47. The molecule has 1 aromatic carbocycles. The summed E-state index contributed by atoms with van der Waals surface area (Å²) in [6.07, 6.45) is 2.24. The van der Waals surface area contributed by atoms with E-state index in [1.165, 1.54) is 4.90 Å². The number of anilines is 1. The number of hydrogen-bond acceptors (Lipinski definition) is 3. The Balaban J connectivity index is 2.20. The fourth-order valence-corrected chi connectivity index (χ4v) is 2.25. The summed E-state index contributed by atoms with van der Waals surface area (Å²) in [5, 5.41) is 12.5. The molecule has 0 fully saturated rings. The molecular weight excluding hydrogens is 280 g/mol. The molecule has 6 nitrogen and oxygen atoms in total. The van der Waals surface area contributed by atoms with Crippen LogP contribution in [0, 0.1) is 11.3 Å². The fraction of sp³-hybridized carbons (Fsp3) is 0.375. The van der Waals surface area contributed by atoms with Crippen molar-refractivity contribution in [3.05, 3.63) is 30.5 Å². The number of carbonyl (C=O) groups excluding carboxylic acids is 1. The summed E-state index contributed by atoms with van der Waals surface area (Å²) in [5.41, 5.74) is 1.81. The van der Waals surface area contributed by atoms with E-state index in [9.17, 15) is 4.79 Å². The summed E-state index contributed by atoms with van der Waals surface area (Å²) in [6, 6.07) is 9.72. The van der Waals surface area contributed by atoms with Crippen molar-refractivity contribution in [1.29, 1.82) is 5.26 Å². The topological polar surface area (TPSA) is 70.3 Å². The number of nitrogens with one attached hydrogen (secondary N) is 1. The molecule has 0 unspecified atom stereocenters. The van der Waals surface area contributed by atoms with Gasteiger partial charge in [0.05, 0.1) is 30.3 Å². The van der Waals surface area contributed by atoms with Gasteiger partial charge >= 0.3 is 6.03 Å². The summed E-state index contributed by atoms with van der Waals surface area (Å²) in [4.78, 5) is 13.7. The van der Waals surface area contributed by atoms with Gasteiger partial charge in [0, 0.05) is 38.8 Å². The number of para-hydroxylation sites is 1. The van der Waals surface area contributed by atoms with E-state index in [1.54, 1.807) is 14.2 Å². The van der Waals surface area contributed by atoms with Gasteiger partial charge in [-0.2, -0.15) is 5.26 Å². The van der Waals surface area contributed by atoms with Gasteiger partial charge in [0.25, 0.3) is 0 Å². The van der Waals surface area contributed by atoms with Crippen LogP contribution in [-0.2, 0) is 11.3 Å². The molecule has 0 bridgehead atoms. The third kappa shape index (κ3) is 3.57. The average Bonchev–Trinajstić information content (AvgIpc) is 2.88. The van der Waals surface area contributed by atoms with E-state index >= 15 is 0 Å². The van der Waals surface area contributed by atoms with E-state index in [0.717, 1.165) is 23.1 Å². The first-order chi connectivity index (χ1) is 10.7. The number of hydrogen-bond donors (Lipinski definition) is 1. The van der Waals surface area contributed by atoms with Crippen LogP contribution in [0.1, 0.15) is 6.42 Å². The molecular formula is C16H20N4O2. The molecule has 2 aromatic rings. The summed E-state index contributed by atoms with van der Waals surface area (Å²) in [7, 11) is 3.34. The molecule has 0 aliphatic rings. The Kier molecular flexibility index (Phi) is 5.39. The second-order valence-electron chi connectivity index (χ2n) is 5.01. The molecule has 22 heavy (non-hydrogen) atoms. The Morgan fingerprint density at radius 3 is 2.95 bits per heavy atom. The zero-order valence-corrected chi connectivity index (χ0v) is 12.9. The van der Waals surface area contributed by atoms with E-state index in [-0.39, 0.29) is 6.03 Å². The van der Waals surface area contributed by atoms with E-state index in [0.29, 0.717) is 19.6 Å². The quantitative estimate of drug-likeness (QED) is 0.891. The van der Waals surface area contributed by atoms with Crippen LogP contribution in [0.25, 0.3) is 10.9 Å². The summed E-state index contributed by atoms with van der Waals surface area (Å²) >= 11 is 0. The van der Waals surface area contributed by atoms with Crippen LogP contribution in [0.3, 0.4) is 0 Å². The van der Waals surface area contributed by atoms with Crippen molar-refractivity contribution < 1.29 is 9.53 Å². The van der Waals surface area contributed by atoms with Crippen molar-refractivity contribution in [3.8, 4) is 6.07 Å². The molecule has 0 atom stereocenters. The maximum Gasteiger partial charge on any atom is 0.321 e. The molecule has 1 heterocycles. The summed E-state index contributed by atoms with van der Waals surface area (Å²) in [5.74, 6) is 0. The minimum Gasteiger partial charge on any atom is -0.383 e. The van der Waals surface area contributed by atoms with Crippen molar-refractivity contribution in [3.63, 3.8) is 0 Å². The Labute approximate surface area is 129 Å². The lowest BCUT2D eigenvalue weighted by molar-refractivity contribution is 0.188. The number of carbonyl (C=O) groups is 1. The molecule has 116 valence electrons. The summed E-state index contributed by atoms with van der Waals surface area (Å²) < 4.78 is 7.18. The number of methoxy groups -OCH3 is 1. The number of fused-ring (bicyclic) bond motifs is 1. The third-order valence-electron chi connectivity index (χ3n) is 3.47. The average molecular weight is 300 g/mol. The maximum absolute atomic E-state index is 12.2. The molecule has 0 aliphatic carbocycles. The summed E-state index contributed by atoms with van der Waals surface area (Å²) in [6.45, 7) is 1.73. The highest BCUT2D eigenvalue weighted by molar-refractivity contribution is 6.01. The van der Waals surface area contributed by atoms with Gasteiger partial charge in [0.15, 0.2) is 0 Å². The Bertz CT molecular complexity index is 687. The lowest BCUT2D eigenvalue weighted by Crippen LogP contribution is -2.31. The van der Waals surface area contributed by atoms with Crippen molar-refractivity contribution in [2.24, 2.45) is 0 Å². The highest BCUT2D eigenvalue weighted by atomic mass is 16.5. The Morgan fingerprint density at radius 1 is 1.45 bits per heavy atom. The van der Waals surface area contributed by atoms with E-state index in [4.69, 9.17) is 10.00 Å². The molecule has 2 amide bonds. The molecule has 0 aliphatic heterocycles. The number of ether oxygens (including phenoxy) is 1. The van der Waals surface area contributed by atoms with Gasteiger partial charge in [-0.05, 0) is 6.07 Å². The molecule has 1 N–H and O–H groups in total. The normalized spacial score (nSPS) is 10.4. The van der Waals surface area contributed by atoms with Gasteiger partial charge in [-0.1, -0.05) is 18.2 Å². The zero-order chi connectivity index (χ0) is 15.9. The number of nitriles is 1. The smallest absolute Gasteiger partial charge is 0.321 e. The van der Waals surface area contributed by atoms with Crippen molar-refractivity contribution >= 4 is 22.6 Å². The highest BCUT2D eigenvalue weighted by Gasteiger charge is 2.13. The van der Waals surface area contributed by atoms with Crippen LogP contribution in [0.4, 0.5) is 10.5 Å². The van der Waals surface area contributed by atoms with Gasteiger partial charge in [-0.15, -0.1) is 0 Å². The van der Waals surface area contributed by atoms with Crippen LogP contribution >= 0.6 is 0 Å². The minimum absolute atomic E-state index is 0.218. The molecule has 0 spiro atoms. The number of aromatic nitrogens is 1. The molecule has 0 saturated heterocycles. The Morgan fingerprint density at radius 2 is 2.23 bits per heavy atom. The van der Waals surface area contributed by atoms with Crippen molar-refractivity contribution in [2.75, 3.05) is 32.6 Å². The molecule has 6 heteroatoms. The largest absolute Gasteiger partial charge is 0.383 e. The number of nitrogens with zero attached hydrogens (tertiary/aromatic N) is 3. The highest BCUT2D eigenvalue weighted by Crippen LogP contribution is 2.26. The number of amides is 2. The molecule has 1 aromatic heterocycles. The zero-order valence-electron chi connectivity index (χ0n) is 12.9. The maximum atomic E-state index is 12.2. The van der Waals surface area contributed by atoms with E-state index in [2.05, 4.69) is 9.88 Å². The van der Waals surface area contributed by atoms with Crippen LogP contribution < -0.4 is 5.32 Å². The predicted octanol–water partition coefficient (Wildman–Crippen LogP) is 2.67. The Hall–Kier alpha value is -2.52. The first kappa shape index (κ1) is 15.9. The molecule has 0 saturated carbocycles. The van der Waals surface area contributed by atoms with Crippen LogP contribution in [0.15, 0.2) is 30.5 Å². The van der Waals surface area contributed by atoms with Gasteiger partial charge in [-0.3, -0.25) is 0 Å².